The Kier molecular flexibility index (Phi) is 3.39. The topological polar surface area (TPSA) is 53.6 Å². The molecule has 4 nitrogen and oxygen atoms in total. The highest BCUT2D eigenvalue weighted by Crippen LogP contribution is 2.31. The van der Waals surface area contributed by atoms with E-state index < -0.39 is 0 Å². The van der Waals surface area contributed by atoms with Crippen molar-refractivity contribution in [1.82, 2.24) is 15.2 Å². The van der Waals surface area contributed by atoms with Gasteiger partial charge in [-0.1, -0.05) is 60.7 Å². The molecule has 3 aromatic carbocycles. The minimum absolute atomic E-state index is 0.788. The predicted molar refractivity (Wildman–Crippen MR) is 107 cm³/mol. The fourth-order valence-corrected chi connectivity index (χ4v) is 3.28. The summed E-state index contributed by atoms with van der Waals surface area (Å²) in [5.41, 5.74) is 2.07. The van der Waals surface area contributed by atoms with Crippen molar-refractivity contribution in [3.8, 4) is 11.3 Å². The van der Waals surface area contributed by atoms with E-state index in [0.29, 0.717) is 0 Å². The standard InChI is InChI=1S/C22H16N4/c1-2-6-16-13-18(10-9-15(16)5-1)22-19-8-4-3-7-17(19)14-21(25-22)24-20-11-12-23-26-20/h1-14H,(H2,23,24,25,26). The lowest BCUT2D eigenvalue weighted by molar-refractivity contribution is 1.09. The van der Waals surface area contributed by atoms with Crippen molar-refractivity contribution < 1.29 is 0 Å². The molecular weight excluding hydrogens is 320 g/mol. The summed E-state index contributed by atoms with van der Waals surface area (Å²) >= 11 is 0. The van der Waals surface area contributed by atoms with E-state index in [4.69, 9.17) is 4.98 Å². The van der Waals surface area contributed by atoms with Crippen molar-refractivity contribution in [2.45, 2.75) is 0 Å². The zero-order valence-electron chi connectivity index (χ0n) is 14.0. The Bertz CT molecular complexity index is 1210. The largest absolute Gasteiger partial charge is 0.325 e. The molecule has 0 amide bonds. The Labute approximate surface area is 150 Å². The summed E-state index contributed by atoms with van der Waals surface area (Å²) in [6, 6.07) is 27.1. The van der Waals surface area contributed by atoms with Crippen LogP contribution in [0.1, 0.15) is 0 Å². The monoisotopic (exact) mass is 336 g/mol. The average molecular weight is 336 g/mol. The van der Waals surface area contributed by atoms with Crippen LogP contribution in [0.25, 0.3) is 32.8 Å². The molecule has 5 rings (SSSR count). The summed E-state index contributed by atoms with van der Waals surface area (Å²) in [4.78, 5) is 4.89. The molecular formula is C22H16N4. The third-order valence-electron chi connectivity index (χ3n) is 4.53. The van der Waals surface area contributed by atoms with E-state index in [2.05, 4.69) is 82.2 Å². The van der Waals surface area contributed by atoms with Crippen LogP contribution in [0.2, 0.25) is 0 Å². The van der Waals surface area contributed by atoms with E-state index in [1.54, 1.807) is 6.20 Å². The third-order valence-corrected chi connectivity index (χ3v) is 4.53. The number of aromatic amines is 1. The van der Waals surface area contributed by atoms with Gasteiger partial charge in [-0.25, -0.2) is 4.98 Å². The zero-order valence-corrected chi connectivity index (χ0v) is 14.0. The molecule has 124 valence electrons. The van der Waals surface area contributed by atoms with Gasteiger partial charge in [0.15, 0.2) is 0 Å². The second-order valence-corrected chi connectivity index (χ2v) is 6.23. The number of H-pyrrole nitrogens is 1. The van der Waals surface area contributed by atoms with Gasteiger partial charge in [0.05, 0.1) is 11.9 Å². The Morgan fingerprint density at radius 1 is 0.731 bits per heavy atom. The first-order valence-corrected chi connectivity index (χ1v) is 8.52. The van der Waals surface area contributed by atoms with Crippen LogP contribution in [0.4, 0.5) is 11.6 Å². The van der Waals surface area contributed by atoms with Gasteiger partial charge in [-0.2, -0.15) is 5.10 Å². The lowest BCUT2D eigenvalue weighted by Gasteiger charge is -2.11. The molecule has 2 aromatic heterocycles. The zero-order chi connectivity index (χ0) is 17.3. The number of benzene rings is 3. The van der Waals surface area contributed by atoms with Gasteiger partial charge in [-0.3, -0.25) is 5.10 Å². The second-order valence-electron chi connectivity index (χ2n) is 6.23. The van der Waals surface area contributed by atoms with Gasteiger partial charge >= 0.3 is 0 Å². The minimum atomic E-state index is 0.788. The molecule has 2 heterocycles. The number of anilines is 2. The van der Waals surface area contributed by atoms with Crippen LogP contribution in [0, 0.1) is 0 Å². The molecule has 5 aromatic rings. The highest BCUT2D eigenvalue weighted by molar-refractivity contribution is 5.98. The first-order chi connectivity index (χ1) is 12.9. The summed E-state index contributed by atoms with van der Waals surface area (Å²) < 4.78 is 0. The quantitative estimate of drug-likeness (QED) is 0.456. The van der Waals surface area contributed by atoms with Crippen LogP contribution >= 0.6 is 0 Å². The number of hydrogen-bond acceptors (Lipinski definition) is 3. The van der Waals surface area contributed by atoms with Crippen LogP contribution < -0.4 is 5.32 Å². The van der Waals surface area contributed by atoms with Crippen LogP contribution in [-0.2, 0) is 0 Å². The number of hydrogen-bond donors (Lipinski definition) is 2. The lowest BCUT2D eigenvalue weighted by atomic mass is 10.0. The minimum Gasteiger partial charge on any atom is -0.325 e. The Morgan fingerprint density at radius 2 is 1.54 bits per heavy atom. The van der Waals surface area contributed by atoms with Crippen molar-refractivity contribution in [3.63, 3.8) is 0 Å². The highest BCUT2D eigenvalue weighted by atomic mass is 15.2. The van der Waals surface area contributed by atoms with Crippen molar-refractivity contribution in [1.29, 1.82) is 0 Å². The maximum absolute atomic E-state index is 4.89. The van der Waals surface area contributed by atoms with Gasteiger partial charge in [0.2, 0.25) is 0 Å². The molecule has 0 saturated heterocycles. The van der Waals surface area contributed by atoms with Crippen molar-refractivity contribution in [2.24, 2.45) is 0 Å². The molecule has 4 heteroatoms. The first kappa shape index (κ1) is 14.7. The van der Waals surface area contributed by atoms with E-state index in [-0.39, 0.29) is 0 Å². The Balaban J connectivity index is 1.71. The van der Waals surface area contributed by atoms with Gasteiger partial charge in [0.25, 0.3) is 0 Å². The number of rotatable bonds is 3. The van der Waals surface area contributed by atoms with Crippen LogP contribution in [0.3, 0.4) is 0 Å². The molecule has 0 unspecified atom stereocenters. The number of pyridine rings is 1. The molecule has 0 aliphatic rings. The molecule has 0 aliphatic heterocycles. The lowest BCUT2D eigenvalue weighted by Crippen LogP contribution is -1.96. The van der Waals surface area contributed by atoms with Gasteiger partial charge in [-0.15, -0.1) is 0 Å². The van der Waals surface area contributed by atoms with Crippen LogP contribution in [0.5, 0.6) is 0 Å². The summed E-state index contributed by atoms with van der Waals surface area (Å²) in [6.45, 7) is 0. The van der Waals surface area contributed by atoms with Crippen molar-refractivity contribution in [3.05, 3.63) is 85.1 Å². The molecule has 0 radical (unpaired) electrons. The van der Waals surface area contributed by atoms with Crippen molar-refractivity contribution >= 4 is 33.2 Å². The molecule has 26 heavy (non-hydrogen) atoms. The molecule has 0 fully saturated rings. The second kappa shape index (κ2) is 6.01. The molecule has 0 bridgehead atoms. The molecule has 0 spiro atoms. The molecule has 0 atom stereocenters. The van der Waals surface area contributed by atoms with E-state index >= 15 is 0 Å². The van der Waals surface area contributed by atoms with Gasteiger partial charge < -0.3 is 5.32 Å². The number of aromatic nitrogens is 3. The highest BCUT2D eigenvalue weighted by Gasteiger charge is 2.09. The normalized spacial score (nSPS) is 11.1. The summed E-state index contributed by atoms with van der Waals surface area (Å²) in [7, 11) is 0. The fraction of sp³-hybridized carbons (Fsp3) is 0. The van der Waals surface area contributed by atoms with Crippen LogP contribution in [-0.4, -0.2) is 15.2 Å². The van der Waals surface area contributed by atoms with Gasteiger partial charge in [-0.05, 0) is 28.3 Å². The summed E-state index contributed by atoms with van der Waals surface area (Å²) in [5.74, 6) is 1.60. The van der Waals surface area contributed by atoms with Gasteiger partial charge in [0, 0.05) is 17.0 Å². The number of fused-ring (bicyclic) bond motifs is 2. The van der Waals surface area contributed by atoms with E-state index in [0.717, 1.165) is 33.7 Å². The fourth-order valence-electron chi connectivity index (χ4n) is 3.28. The number of nitrogens with one attached hydrogen (secondary N) is 2. The Morgan fingerprint density at radius 3 is 2.38 bits per heavy atom. The third kappa shape index (κ3) is 2.58. The van der Waals surface area contributed by atoms with Gasteiger partial charge in [0.1, 0.15) is 11.6 Å². The summed E-state index contributed by atoms with van der Waals surface area (Å²) in [5, 5.41) is 14.9. The number of nitrogens with zero attached hydrogens (tertiary/aromatic N) is 2. The van der Waals surface area contributed by atoms with Crippen LogP contribution in [0.15, 0.2) is 85.1 Å². The van der Waals surface area contributed by atoms with E-state index in [9.17, 15) is 0 Å². The first-order valence-electron chi connectivity index (χ1n) is 8.52. The average Bonchev–Trinajstić information content (AvgIpc) is 3.20. The van der Waals surface area contributed by atoms with E-state index in [1.165, 1.54) is 10.8 Å². The maximum atomic E-state index is 4.89. The SMILES string of the molecule is c1ccc2cc(-c3nc(Nc4ccn[nH]4)cc4ccccc34)ccc2c1. The molecule has 2 N–H and O–H groups in total. The summed E-state index contributed by atoms with van der Waals surface area (Å²) in [6.07, 6.45) is 1.72. The predicted octanol–water partition coefficient (Wildman–Crippen LogP) is 5.52. The Hall–Kier alpha value is -3.66. The maximum Gasteiger partial charge on any atom is 0.132 e. The molecule has 0 aliphatic carbocycles. The molecule has 0 saturated carbocycles. The van der Waals surface area contributed by atoms with E-state index in [1.807, 2.05) is 12.1 Å². The smallest absolute Gasteiger partial charge is 0.132 e. The van der Waals surface area contributed by atoms with Crippen molar-refractivity contribution in [2.75, 3.05) is 5.32 Å².